The summed E-state index contributed by atoms with van der Waals surface area (Å²) in [5.41, 5.74) is 10.3. The van der Waals surface area contributed by atoms with Gasteiger partial charge in [0.05, 0.1) is 21.3 Å². The quantitative estimate of drug-likeness (QED) is 0.587. The zero-order valence-electron chi connectivity index (χ0n) is 16.1. The lowest BCUT2D eigenvalue weighted by molar-refractivity contribution is 0.322. The van der Waals surface area contributed by atoms with E-state index in [4.69, 9.17) is 19.9 Å². The van der Waals surface area contributed by atoms with E-state index in [-0.39, 0.29) is 0 Å². The molecule has 0 aliphatic heterocycles. The molecule has 0 amide bonds. The van der Waals surface area contributed by atoms with Gasteiger partial charge >= 0.3 is 0 Å². The standard InChI is InChI=1S/C20H27N3O3/c1-13-10-14(2)12-16(11-13)23-20(21)22-9-8-15-6-7-17(24-3)19(26-5)18(15)25-4/h6-7,10-12H,8-9H2,1-5H3,(H3,21,22,23). The lowest BCUT2D eigenvalue weighted by atomic mass is 10.1. The SMILES string of the molecule is COc1ccc(CCN=C(N)Nc2cc(C)cc(C)c2)c(OC)c1OC. The van der Waals surface area contributed by atoms with Gasteiger partial charge in [-0.15, -0.1) is 0 Å². The van der Waals surface area contributed by atoms with Crippen LogP contribution in [-0.2, 0) is 6.42 Å². The molecule has 2 rings (SSSR count). The summed E-state index contributed by atoms with van der Waals surface area (Å²) >= 11 is 0. The van der Waals surface area contributed by atoms with E-state index in [0.717, 1.165) is 11.3 Å². The smallest absolute Gasteiger partial charge is 0.203 e. The van der Waals surface area contributed by atoms with Gasteiger partial charge in [0, 0.05) is 17.8 Å². The second-order valence-electron chi connectivity index (χ2n) is 6.01. The van der Waals surface area contributed by atoms with Gasteiger partial charge < -0.3 is 25.3 Å². The van der Waals surface area contributed by atoms with E-state index in [0.29, 0.717) is 36.2 Å². The number of guanidine groups is 1. The molecule has 0 spiro atoms. The number of nitrogens with one attached hydrogen (secondary N) is 1. The Balaban J connectivity index is 2.07. The van der Waals surface area contributed by atoms with Gasteiger partial charge in [-0.1, -0.05) is 12.1 Å². The number of hydrogen-bond donors (Lipinski definition) is 2. The Morgan fingerprint density at radius 1 is 0.962 bits per heavy atom. The van der Waals surface area contributed by atoms with E-state index in [1.807, 2.05) is 24.3 Å². The van der Waals surface area contributed by atoms with Gasteiger partial charge in [-0.05, 0) is 49.6 Å². The zero-order chi connectivity index (χ0) is 19.1. The second-order valence-corrected chi connectivity index (χ2v) is 6.01. The van der Waals surface area contributed by atoms with Crippen molar-refractivity contribution in [2.45, 2.75) is 20.3 Å². The molecule has 3 N–H and O–H groups in total. The fourth-order valence-electron chi connectivity index (χ4n) is 2.89. The number of methoxy groups -OCH3 is 3. The van der Waals surface area contributed by atoms with Crippen LogP contribution in [0.3, 0.4) is 0 Å². The highest BCUT2D eigenvalue weighted by Gasteiger charge is 2.15. The number of ether oxygens (including phenoxy) is 3. The minimum absolute atomic E-state index is 0.384. The van der Waals surface area contributed by atoms with Crippen LogP contribution < -0.4 is 25.3 Å². The minimum atomic E-state index is 0.384. The molecule has 6 nitrogen and oxygen atoms in total. The lowest BCUT2D eigenvalue weighted by Gasteiger charge is -2.15. The summed E-state index contributed by atoms with van der Waals surface area (Å²) in [6.07, 6.45) is 0.665. The largest absolute Gasteiger partial charge is 0.493 e. The molecule has 0 heterocycles. The molecular weight excluding hydrogens is 330 g/mol. The van der Waals surface area contributed by atoms with E-state index in [1.54, 1.807) is 21.3 Å². The minimum Gasteiger partial charge on any atom is -0.493 e. The number of aryl methyl sites for hydroxylation is 2. The average molecular weight is 357 g/mol. The molecule has 0 aliphatic carbocycles. The number of nitrogens with two attached hydrogens (primary N) is 1. The molecule has 0 fully saturated rings. The van der Waals surface area contributed by atoms with Crippen LogP contribution in [0.15, 0.2) is 35.3 Å². The van der Waals surface area contributed by atoms with Crippen molar-refractivity contribution in [3.63, 3.8) is 0 Å². The maximum atomic E-state index is 6.01. The normalized spacial score (nSPS) is 11.2. The van der Waals surface area contributed by atoms with Gasteiger partial charge in [0.25, 0.3) is 0 Å². The molecule has 0 radical (unpaired) electrons. The lowest BCUT2D eigenvalue weighted by Crippen LogP contribution is -2.23. The Kier molecular flexibility index (Phi) is 6.72. The first-order valence-corrected chi connectivity index (χ1v) is 8.41. The number of benzene rings is 2. The third-order valence-corrected chi connectivity index (χ3v) is 3.94. The van der Waals surface area contributed by atoms with Gasteiger partial charge in [-0.25, -0.2) is 0 Å². The third-order valence-electron chi connectivity index (χ3n) is 3.94. The first-order valence-electron chi connectivity index (χ1n) is 8.41. The Hall–Kier alpha value is -2.89. The fourth-order valence-corrected chi connectivity index (χ4v) is 2.89. The average Bonchev–Trinajstić information content (AvgIpc) is 2.59. The summed E-state index contributed by atoms with van der Waals surface area (Å²) in [6.45, 7) is 4.62. The highest BCUT2D eigenvalue weighted by Crippen LogP contribution is 2.39. The number of hydrogen-bond acceptors (Lipinski definition) is 4. The van der Waals surface area contributed by atoms with Gasteiger partial charge in [0.2, 0.25) is 5.75 Å². The molecule has 2 aromatic rings. The predicted molar refractivity (Wildman–Crippen MR) is 106 cm³/mol. The number of anilines is 1. The van der Waals surface area contributed by atoms with Crippen LogP contribution in [0.5, 0.6) is 17.2 Å². The Bertz CT molecular complexity index is 768. The van der Waals surface area contributed by atoms with E-state index >= 15 is 0 Å². The van der Waals surface area contributed by atoms with Crippen molar-refractivity contribution >= 4 is 11.6 Å². The third kappa shape index (κ3) is 4.81. The first kappa shape index (κ1) is 19.4. The maximum Gasteiger partial charge on any atom is 0.203 e. The molecule has 6 heteroatoms. The molecule has 0 unspecified atom stereocenters. The van der Waals surface area contributed by atoms with Gasteiger partial charge in [-0.2, -0.15) is 0 Å². The predicted octanol–water partition coefficient (Wildman–Crippen LogP) is 3.30. The summed E-state index contributed by atoms with van der Waals surface area (Å²) in [4.78, 5) is 4.40. The number of aliphatic imine (C=N–C) groups is 1. The molecule has 140 valence electrons. The van der Waals surface area contributed by atoms with Gasteiger partial charge in [0.15, 0.2) is 17.5 Å². The van der Waals surface area contributed by atoms with Crippen LogP contribution in [-0.4, -0.2) is 33.8 Å². The van der Waals surface area contributed by atoms with Crippen molar-refractivity contribution in [2.75, 3.05) is 33.2 Å². The molecular formula is C20H27N3O3. The molecule has 0 aromatic heterocycles. The summed E-state index contributed by atoms with van der Waals surface area (Å²) in [7, 11) is 4.80. The van der Waals surface area contributed by atoms with Crippen molar-refractivity contribution in [1.29, 1.82) is 0 Å². The topological polar surface area (TPSA) is 78.1 Å². The van der Waals surface area contributed by atoms with E-state index in [1.165, 1.54) is 11.1 Å². The van der Waals surface area contributed by atoms with Crippen LogP contribution in [0, 0.1) is 13.8 Å². The Morgan fingerprint density at radius 3 is 2.19 bits per heavy atom. The van der Waals surface area contributed by atoms with Crippen molar-refractivity contribution in [2.24, 2.45) is 10.7 Å². The summed E-state index contributed by atoms with van der Waals surface area (Å²) in [5.74, 6) is 2.25. The van der Waals surface area contributed by atoms with Crippen molar-refractivity contribution in [3.8, 4) is 17.2 Å². The van der Waals surface area contributed by atoms with E-state index < -0.39 is 0 Å². The van der Waals surface area contributed by atoms with Crippen molar-refractivity contribution in [1.82, 2.24) is 0 Å². The number of nitrogens with zero attached hydrogens (tertiary/aromatic N) is 1. The Labute approximate surface area is 155 Å². The second kappa shape index (κ2) is 8.99. The monoisotopic (exact) mass is 357 g/mol. The molecule has 0 saturated carbocycles. The summed E-state index contributed by atoms with van der Waals surface area (Å²) < 4.78 is 16.2. The van der Waals surface area contributed by atoms with Crippen LogP contribution in [0.4, 0.5) is 5.69 Å². The number of rotatable bonds is 7. The van der Waals surface area contributed by atoms with Crippen LogP contribution in [0.2, 0.25) is 0 Å². The van der Waals surface area contributed by atoms with Crippen LogP contribution >= 0.6 is 0 Å². The molecule has 26 heavy (non-hydrogen) atoms. The highest BCUT2D eigenvalue weighted by atomic mass is 16.5. The van der Waals surface area contributed by atoms with Crippen LogP contribution in [0.25, 0.3) is 0 Å². The van der Waals surface area contributed by atoms with Crippen molar-refractivity contribution in [3.05, 3.63) is 47.0 Å². The van der Waals surface area contributed by atoms with Gasteiger partial charge in [-0.3, -0.25) is 4.99 Å². The maximum absolute atomic E-state index is 6.01. The van der Waals surface area contributed by atoms with E-state index in [9.17, 15) is 0 Å². The molecule has 2 aromatic carbocycles. The molecule has 0 bridgehead atoms. The summed E-state index contributed by atoms with van der Waals surface area (Å²) in [6, 6.07) is 9.99. The molecule has 0 aliphatic rings. The zero-order valence-corrected chi connectivity index (χ0v) is 16.1. The summed E-state index contributed by atoms with van der Waals surface area (Å²) in [5, 5.41) is 3.13. The molecule has 0 atom stereocenters. The fraction of sp³-hybridized carbons (Fsp3) is 0.350. The molecule has 0 saturated heterocycles. The van der Waals surface area contributed by atoms with Crippen molar-refractivity contribution < 1.29 is 14.2 Å². The first-order chi connectivity index (χ1) is 12.5. The highest BCUT2D eigenvalue weighted by molar-refractivity contribution is 5.92. The van der Waals surface area contributed by atoms with Crippen LogP contribution in [0.1, 0.15) is 16.7 Å². The van der Waals surface area contributed by atoms with E-state index in [2.05, 4.69) is 30.2 Å². The van der Waals surface area contributed by atoms with Gasteiger partial charge in [0.1, 0.15) is 0 Å². The Morgan fingerprint density at radius 2 is 1.62 bits per heavy atom.